The molecule has 34 heavy (non-hydrogen) atoms. The maximum absolute atomic E-state index is 12.5. The van der Waals surface area contributed by atoms with Gasteiger partial charge in [0.1, 0.15) is 24.1 Å². The van der Waals surface area contributed by atoms with Gasteiger partial charge in [-0.3, -0.25) is 0 Å². The van der Waals surface area contributed by atoms with Crippen molar-refractivity contribution in [3.63, 3.8) is 0 Å². The fraction of sp³-hybridized carbons (Fsp3) is 0.519. The van der Waals surface area contributed by atoms with Crippen molar-refractivity contribution >= 4 is 6.09 Å². The van der Waals surface area contributed by atoms with Gasteiger partial charge in [-0.1, -0.05) is 42.5 Å². The molecule has 2 aromatic rings. The molecular weight excluding hydrogens is 434 g/mol. The Kier molecular flexibility index (Phi) is 9.74. The minimum atomic E-state index is -0.635. The Morgan fingerprint density at radius 2 is 1.82 bits per heavy atom. The van der Waals surface area contributed by atoms with Gasteiger partial charge in [0.15, 0.2) is 6.29 Å². The molecule has 186 valence electrons. The van der Waals surface area contributed by atoms with Crippen molar-refractivity contribution in [2.75, 3.05) is 13.2 Å². The van der Waals surface area contributed by atoms with E-state index in [2.05, 4.69) is 5.32 Å². The molecule has 0 radical (unpaired) electrons. The second-order valence-electron chi connectivity index (χ2n) is 9.53. The lowest BCUT2D eigenvalue weighted by Gasteiger charge is -2.32. The van der Waals surface area contributed by atoms with Gasteiger partial charge in [-0.2, -0.15) is 0 Å². The number of benzene rings is 2. The van der Waals surface area contributed by atoms with Crippen LogP contribution in [-0.2, 0) is 27.2 Å². The maximum Gasteiger partial charge on any atom is 0.407 e. The third kappa shape index (κ3) is 8.97. The molecule has 0 saturated carbocycles. The summed E-state index contributed by atoms with van der Waals surface area (Å²) in [5.74, 6) is 0.759. The minimum Gasteiger partial charge on any atom is -0.489 e. The average Bonchev–Trinajstić information content (AvgIpc) is 2.82. The van der Waals surface area contributed by atoms with Gasteiger partial charge in [0.25, 0.3) is 0 Å². The van der Waals surface area contributed by atoms with Crippen molar-refractivity contribution in [2.24, 2.45) is 0 Å². The van der Waals surface area contributed by atoms with Gasteiger partial charge < -0.3 is 29.4 Å². The highest BCUT2D eigenvalue weighted by Gasteiger charge is 2.29. The van der Waals surface area contributed by atoms with Crippen LogP contribution < -0.4 is 10.1 Å². The van der Waals surface area contributed by atoms with Gasteiger partial charge in [-0.05, 0) is 69.7 Å². The van der Waals surface area contributed by atoms with Crippen LogP contribution in [0.3, 0.4) is 0 Å². The average molecular weight is 472 g/mol. The first-order valence-corrected chi connectivity index (χ1v) is 12.0. The molecule has 2 aromatic carbocycles. The van der Waals surface area contributed by atoms with Crippen LogP contribution in [0.15, 0.2) is 54.6 Å². The first-order valence-electron chi connectivity index (χ1n) is 12.0. The van der Waals surface area contributed by atoms with Crippen LogP contribution >= 0.6 is 0 Å². The third-order valence-electron chi connectivity index (χ3n) is 5.42. The van der Waals surface area contributed by atoms with Crippen LogP contribution in [0, 0.1) is 0 Å². The monoisotopic (exact) mass is 471 g/mol. The van der Waals surface area contributed by atoms with Crippen molar-refractivity contribution in [3.8, 4) is 5.75 Å². The summed E-state index contributed by atoms with van der Waals surface area (Å²) in [6, 6.07) is 17.2. The number of carbonyl (C=O) groups excluding carboxylic acids is 1. The van der Waals surface area contributed by atoms with E-state index in [1.54, 1.807) is 0 Å². The standard InChI is InChI=1S/C27H37NO6/c1-27(2,3)34-26(30)28-23(24(18-29)33-25-11-7-8-16-31-25)17-20-12-14-22(15-13-20)32-19-21-9-5-4-6-10-21/h4-6,9-10,12-15,23-25,29H,7-8,11,16-19H2,1-3H3,(H,28,30). The first kappa shape index (κ1) is 26.0. The Labute approximate surface area is 202 Å². The number of hydrogen-bond donors (Lipinski definition) is 2. The van der Waals surface area contributed by atoms with E-state index in [9.17, 15) is 9.90 Å². The highest BCUT2D eigenvalue weighted by atomic mass is 16.7. The molecule has 0 spiro atoms. The van der Waals surface area contributed by atoms with Crippen LogP contribution in [0.4, 0.5) is 4.79 Å². The highest BCUT2D eigenvalue weighted by molar-refractivity contribution is 5.68. The van der Waals surface area contributed by atoms with E-state index in [0.29, 0.717) is 19.6 Å². The summed E-state index contributed by atoms with van der Waals surface area (Å²) in [4.78, 5) is 12.5. The normalized spacial score (nSPS) is 18.1. The topological polar surface area (TPSA) is 86.3 Å². The van der Waals surface area contributed by atoms with Crippen molar-refractivity contribution in [1.82, 2.24) is 5.32 Å². The summed E-state index contributed by atoms with van der Waals surface area (Å²) in [5.41, 5.74) is 1.44. The lowest BCUT2D eigenvalue weighted by atomic mass is 10.0. The van der Waals surface area contributed by atoms with Crippen LogP contribution in [0.25, 0.3) is 0 Å². The van der Waals surface area contributed by atoms with Gasteiger partial charge in [-0.15, -0.1) is 0 Å². The van der Waals surface area contributed by atoms with Crippen molar-refractivity contribution in [3.05, 3.63) is 65.7 Å². The summed E-state index contributed by atoms with van der Waals surface area (Å²) in [6.07, 6.45) is 1.66. The van der Waals surface area contributed by atoms with Gasteiger partial charge >= 0.3 is 6.09 Å². The Balaban J connectivity index is 1.65. The minimum absolute atomic E-state index is 0.251. The second kappa shape index (κ2) is 12.7. The molecule has 7 heteroatoms. The molecular formula is C27H37NO6. The zero-order chi connectivity index (χ0) is 24.4. The van der Waals surface area contributed by atoms with Crippen LogP contribution in [-0.4, -0.2) is 48.5 Å². The SMILES string of the molecule is CC(C)(C)OC(=O)NC(Cc1ccc(OCc2ccccc2)cc1)C(CO)OC1CCCCO1. The van der Waals surface area contributed by atoms with E-state index < -0.39 is 23.8 Å². The van der Waals surface area contributed by atoms with E-state index in [0.717, 1.165) is 36.1 Å². The fourth-order valence-corrected chi connectivity index (χ4v) is 3.73. The number of amides is 1. The van der Waals surface area contributed by atoms with Crippen molar-refractivity contribution in [2.45, 2.75) is 77.1 Å². The molecule has 0 aliphatic carbocycles. The molecule has 1 saturated heterocycles. The summed E-state index contributed by atoms with van der Waals surface area (Å²) >= 11 is 0. The van der Waals surface area contributed by atoms with Gasteiger partial charge in [0.05, 0.1) is 12.6 Å². The molecule has 2 N–H and O–H groups in total. The highest BCUT2D eigenvalue weighted by Crippen LogP contribution is 2.20. The molecule has 1 heterocycles. The Bertz CT molecular complexity index is 859. The number of rotatable bonds is 10. The Hall–Kier alpha value is -2.61. The van der Waals surface area contributed by atoms with Gasteiger partial charge in [0.2, 0.25) is 0 Å². The predicted molar refractivity (Wildman–Crippen MR) is 130 cm³/mol. The molecule has 3 unspecified atom stereocenters. The molecule has 1 amide bonds. The van der Waals surface area contributed by atoms with Gasteiger partial charge in [0, 0.05) is 6.61 Å². The molecule has 1 fully saturated rings. The summed E-state index contributed by atoms with van der Waals surface area (Å²) in [5, 5.41) is 13.0. The summed E-state index contributed by atoms with van der Waals surface area (Å²) < 4.78 is 23.0. The molecule has 1 aliphatic rings. The van der Waals surface area contributed by atoms with E-state index >= 15 is 0 Å². The zero-order valence-electron chi connectivity index (χ0n) is 20.4. The van der Waals surface area contributed by atoms with E-state index in [4.69, 9.17) is 18.9 Å². The summed E-state index contributed by atoms with van der Waals surface area (Å²) in [7, 11) is 0. The number of aliphatic hydroxyl groups is 1. The predicted octanol–water partition coefficient (Wildman–Crippen LogP) is 4.61. The first-order chi connectivity index (χ1) is 16.3. The van der Waals surface area contributed by atoms with E-state index in [1.807, 2.05) is 75.4 Å². The largest absolute Gasteiger partial charge is 0.489 e. The lowest BCUT2D eigenvalue weighted by molar-refractivity contribution is -0.200. The molecule has 0 bridgehead atoms. The van der Waals surface area contributed by atoms with Crippen molar-refractivity contribution < 1.29 is 28.8 Å². The van der Waals surface area contributed by atoms with Crippen LogP contribution in [0.1, 0.15) is 51.2 Å². The molecule has 7 nitrogen and oxygen atoms in total. The Morgan fingerprint density at radius 3 is 2.44 bits per heavy atom. The zero-order valence-corrected chi connectivity index (χ0v) is 20.4. The Morgan fingerprint density at radius 1 is 1.09 bits per heavy atom. The lowest BCUT2D eigenvalue weighted by Crippen LogP contribution is -2.50. The number of alkyl carbamates (subject to hydrolysis) is 1. The number of nitrogens with one attached hydrogen (secondary N) is 1. The quantitative estimate of drug-likeness (QED) is 0.527. The number of hydrogen-bond acceptors (Lipinski definition) is 6. The summed E-state index contributed by atoms with van der Waals surface area (Å²) in [6.45, 7) is 6.31. The van der Waals surface area contributed by atoms with Crippen LogP contribution in [0.5, 0.6) is 5.75 Å². The van der Waals surface area contributed by atoms with Crippen molar-refractivity contribution in [1.29, 1.82) is 0 Å². The van der Waals surface area contributed by atoms with Gasteiger partial charge in [-0.25, -0.2) is 4.79 Å². The third-order valence-corrected chi connectivity index (χ3v) is 5.42. The van der Waals surface area contributed by atoms with Crippen LogP contribution in [0.2, 0.25) is 0 Å². The van der Waals surface area contributed by atoms with E-state index in [1.165, 1.54) is 0 Å². The molecule has 3 atom stereocenters. The maximum atomic E-state index is 12.5. The molecule has 3 rings (SSSR count). The number of aliphatic hydroxyl groups excluding tert-OH is 1. The fourth-order valence-electron chi connectivity index (χ4n) is 3.73. The van der Waals surface area contributed by atoms with E-state index in [-0.39, 0.29) is 12.9 Å². The molecule has 1 aliphatic heterocycles. The smallest absolute Gasteiger partial charge is 0.407 e. The number of ether oxygens (including phenoxy) is 4. The second-order valence-corrected chi connectivity index (χ2v) is 9.53. The molecule has 0 aromatic heterocycles. The number of carbonyl (C=O) groups is 1.